The molecule has 0 aromatic carbocycles. The zero-order chi connectivity index (χ0) is 10.3. The Kier molecular flexibility index (Phi) is 5.71. The first kappa shape index (κ1) is 12.4. The zero-order valence-electron chi connectivity index (χ0n) is 8.55. The van der Waals surface area contributed by atoms with E-state index in [9.17, 15) is 9.90 Å². The van der Waals surface area contributed by atoms with Crippen LogP contribution in [0.15, 0.2) is 0 Å². The van der Waals surface area contributed by atoms with E-state index in [1.54, 1.807) is 0 Å². The Morgan fingerprint density at radius 1 is 1.31 bits per heavy atom. The molecule has 2 N–H and O–H groups in total. The molecule has 13 heavy (non-hydrogen) atoms. The number of hydrogen-bond donors (Lipinski definition) is 2. The monoisotopic (exact) mass is 188 g/mol. The molecule has 78 valence electrons. The van der Waals surface area contributed by atoms with Crippen LogP contribution in [0, 0.1) is 0 Å². The average Bonchev–Trinajstić information content (AvgIpc) is 2.11. The summed E-state index contributed by atoms with van der Waals surface area (Å²) in [6, 6.07) is 0. The van der Waals surface area contributed by atoms with Gasteiger partial charge in [-0.2, -0.15) is 0 Å². The number of carboxylic acids is 1. The fourth-order valence-electron chi connectivity index (χ4n) is 1.32. The molecule has 0 heterocycles. The summed E-state index contributed by atoms with van der Waals surface area (Å²) in [6.07, 6.45) is 3.79. The van der Waals surface area contributed by atoms with Crippen molar-refractivity contribution in [3.8, 4) is 0 Å². The Balaban J connectivity index is 3.87. The minimum atomic E-state index is -0.830. The van der Waals surface area contributed by atoms with Crippen molar-refractivity contribution in [3.05, 3.63) is 0 Å². The smallest absolute Gasteiger partial charge is 0.303 e. The largest absolute Gasteiger partial charge is 0.481 e. The summed E-state index contributed by atoms with van der Waals surface area (Å²) in [5.41, 5.74) is -0.756. The van der Waals surface area contributed by atoms with Gasteiger partial charge < -0.3 is 10.2 Å². The van der Waals surface area contributed by atoms with E-state index in [4.69, 9.17) is 5.11 Å². The van der Waals surface area contributed by atoms with Crippen molar-refractivity contribution in [1.29, 1.82) is 0 Å². The third kappa shape index (κ3) is 5.64. The van der Waals surface area contributed by atoms with Gasteiger partial charge in [-0.3, -0.25) is 4.79 Å². The van der Waals surface area contributed by atoms with Crippen molar-refractivity contribution in [2.75, 3.05) is 0 Å². The van der Waals surface area contributed by atoms with Gasteiger partial charge in [0.25, 0.3) is 0 Å². The van der Waals surface area contributed by atoms with Crippen LogP contribution in [0.5, 0.6) is 0 Å². The molecule has 0 radical (unpaired) electrons. The van der Waals surface area contributed by atoms with Gasteiger partial charge >= 0.3 is 5.97 Å². The number of unbranched alkanes of at least 4 members (excludes halogenated alkanes) is 1. The lowest BCUT2D eigenvalue weighted by Crippen LogP contribution is -2.28. The third-order valence-corrected chi connectivity index (χ3v) is 2.46. The van der Waals surface area contributed by atoms with E-state index in [0.29, 0.717) is 19.3 Å². The molecule has 0 aliphatic rings. The van der Waals surface area contributed by atoms with Gasteiger partial charge in [-0.1, -0.05) is 26.7 Å². The van der Waals surface area contributed by atoms with Crippen molar-refractivity contribution in [1.82, 2.24) is 0 Å². The molecule has 0 fully saturated rings. The summed E-state index contributed by atoms with van der Waals surface area (Å²) in [5, 5.41) is 18.4. The second-order valence-electron chi connectivity index (χ2n) is 3.58. The van der Waals surface area contributed by atoms with Crippen LogP contribution in [0.4, 0.5) is 0 Å². The molecular formula is C10H20O3. The quantitative estimate of drug-likeness (QED) is 0.643. The first-order chi connectivity index (χ1) is 6.04. The highest BCUT2D eigenvalue weighted by atomic mass is 16.4. The van der Waals surface area contributed by atoms with Crippen molar-refractivity contribution >= 4 is 5.97 Å². The van der Waals surface area contributed by atoms with Crippen LogP contribution in [0.2, 0.25) is 0 Å². The Bertz CT molecular complexity index is 156. The maximum absolute atomic E-state index is 10.3. The first-order valence-corrected chi connectivity index (χ1v) is 4.98. The van der Waals surface area contributed by atoms with Crippen LogP contribution in [0.3, 0.4) is 0 Å². The molecule has 0 aromatic heterocycles. The Morgan fingerprint density at radius 3 is 2.31 bits per heavy atom. The van der Waals surface area contributed by atoms with Crippen LogP contribution in [0.1, 0.15) is 52.4 Å². The van der Waals surface area contributed by atoms with Crippen LogP contribution in [0.25, 0.3) is 0 Å². The molecule has 0 aliphatic heterocycles. The molecule has 0 saturated carbocycles. The number of aliphatic hydroxyl groups is 1. The van der Waals surface area contributed by atoms with Crippen molar-refractivity contribution in [2.24, 2.45) is 0 Å². The molecule has 0 saturated heterocycles. The fraction of sp³-hybridized carbons (Fsp3) is 0.900. The summed E-state index contributed by atoms with van der Waals surface area (Å²) in [6.45, 7) is 3.96. The normalized spacial score (nSPS) is 15.3. The average molecular weight is 188 g/mol. The lowest BCUT2D eigenvalue weighted by molar-refractivity contribution is -0.138. The van der Waals surface area contributed by atoms with E-state index in [0.717, 1.165) is 12.8 Å². The lowest BCUT2D eigenvalue weighted by atomic mass is 9.89. The number of aliphatic carboxylic acids is 1. The highest BCUT2D eigenvalue weighted by Gasteiger charge is 2.24. The van der Waals surface area contributed by atoms with Gasteiger partial charge in [0.15, 0.2) is 0 Å². The van der Waals surface area contributed by atoms with E-state index in [-0.39, 0.29) is 6.42 Å². The lowest BCUT2D eigenvalue weighted by Gasteiger charge is -2.25. The summed E-state index contributed by atoms with van der Waals surface area (Å²) in [5.74, 6) is -0.830. The molecule has 1 atom stereocenters. The molecule has 0 spiro atoms. The number of carboxylic acid groups (broad SMARTS) is 1. The van der Waals surface area contributed by atoms with Crippen LogP contribution < -0.4 is 0 Å². The second-order valence-corrected chi connectivity index (χ2v) is 3.58. The molecule has 0 rings (SSSR count). The van der Waals surface area contributed by atoms with Crippen LogP contribution in [-0.2, 0) is 4.79 Å². The van der Waals surface area contributed by atoms with Crippen molar-refractivity contribution in [3.63, 3.8) is 0 Å². The Morgan fingerprint density at radius 2 is 1.92 bits per heavy atom. The summed E-state index contributed by atoms with van der Waals surface area (Å²) >= 11 is 0. The van der Waals surface area contributed by atoms with Gasteiger partial charge in [0.1, 0.15) is 0 Å². The minimum Gasteiger partial charge on any atom is -0.481 e. The summed E-state index contributed by atoms with van der Waals surface area (Å²) in [7, 11) is 0. The van der Waals surface area contributed by atoms with E-state index in [1.165, 1.54) is 0 Å². The maximum atomic E-state index is 10.3. The predicted molar refractivity (Wildman–Crippen MR) is 51.6 cm³/mol. The molecule has 3 nitrogen and oxygen atoms in total. The van der Waals surface area contributed by atoms with E-state index in [1.807, 2.05) is 6.92 Å². The van der Waals surface area contributed by atoms with Gasteiger partial charge in [-0.25, -0.2) is 0 Å². The molecule has 0 aromatic rings. The van der Waals surface area contributed by atoms with Crippen molar-refractivity contribution < 1.29 is 15.0 Å². The first-order valence-electron chi connectivity index (χ1n) is 4.98. The van der Waals surface area contributed by atoms with Gasteiger partial charge in [0.05, 0.1) is 5.60 Å². The maximum Gasteiger partial charge on any atom is 0.303 e. The van der Waals surface area contributed by atoms with E-state index < -0.39 is 11.6 Å². The van der Waals surface area contributed by atoms with Gasteiger partial charge in [0.2, 0.25) is 0 Å². The topological polar surface area (TPSA) is 57.5 Å². The van der Waals surface area contributed by atoms with Gasteiger partial charge in [0, 0.05) is 6.42 Å². The Hall–Kier alpha value is -0.570. The fourth-order valence-corrected chi connectivity index (χ4v) is 1.32. The summed E-state index contributed by atoms with van der Waals surface area (Å²) in [4.78, 5) is 10.3. The van der Waals surface area contributed by atoms with Crippen LogP contribution in [-0.4, -0.2) is 21.8 Å². The van der Waals surface area contributed by atoms with Crippen molar-refractivity contribution in [2.45, 2.75) is 58.0 Å². The molecule has 3 heteroatoms. The zero-order valence-corrected chi connectivity index (χ0v) is 8.55. The highest BCUT2D eigenvalue weighted by Crippen LogP contribution is 2.23. The number of hydrogen-bond acceptors (Lipinski definition) is 2. The van der Waals surface area contributed by atoms with E-state index in [2.05, 4.69) is 6.92 Å². The second kappa shape index (κ2) is 5.97. The highest BCUT2D eigenvalue weighted by molar-refractivity contribution is 5.66. The van der Waals surface area contributed by atoms with E-state index >= 15 is 0 Å². The molecule has 0 aliphatic carbocycles. The molecular weight excluding hydrogens is 168 g/mol. The standard InChI is InChI=1S/C10H20O3/c1-3-5-7-10(13,4-2)8-6-9(11)12/h13H,3-8H2,1-2H3,(H,11,12). The van der Waals surface area contributed by atoms with Gasteiger partial charge in [-0.05, 0) is 19.3 Å². The molecule has 0 bridgehead atoms. The summed E-state index contributed by atoms with van der Waals surface area (Å²) < 4.78 is 0. The van der Waals surface area contributed by atoms with Crippen LogP contribution >= 0.6 is 0 Å². The molecule has 0 amide bonds. The number of rotatable bonds is 7. The SMILES string of the molecule is CCCCC(O)(CC)CCC(=O)O. The van der Waals surface area contributed by atoms with Gasteiger partial charge in [-0.15, -0.1) is 0 Å². The predicted octanol–water partition coefficient (Wildman–Crippen LogP) is 2.18. The number of carbonyl (C=O) groups is 1. The molecule has 1 unspecified atom stereocenters. The Labute approximate surface area is 79.8 Å². The third-order valence-electron chi connectivity index (χ3n) is 2.46. The minimum absolute atomic E-state index is 0.0635.